The van der Waals surface area contributed by atoms with Crippen LogP contribution < -0.4 is 16.6 Å². The van der Waals surface area contributed by atoms with Gasteiger partial charge in [0, 0.05) is 29.6 Å². The third-order valence-corrected chi connectivity index (χ3v) is 5.89. The van der Waals surface area contributed by atoms with Crippen LogP contribution in [0.4, 0.5) is 5.82 Å². The molecule has 0 amide bonds. The van der Waals surface area contributed by atoms with E-state index in [1.54, 1.807) is 7.05 Å². The van der Waals surface area contributed by atoms with Gasteiger partial charge in [0.15, 0.2) is 5.78 Å². The number of anilines is 1. The molecule has 0 aromatic carbocycles. The van der Waals surface area contributed by atoms with E-state index in [0.717, 1.165) is 10.6 Å². The highest BCUT2D eigenvalue weighted by molar-refractivity contribution is 7.10. The fraction of sp³-hybridized carbons (Fsp3) is 0.389. The van der Waals surface area contributed by atoms with Crippen LogP contribution in [0.25, 0.3) is 0 Å². The first-order valence-corrected chi connectivity index (χ1v) is 9.06. The average molecular weight is 357 g/mol. The Kier molecular flexibility index (Phi) is 3.40. The summed E-state index contributed by atoms with van der Waals surface area (Å²) in [5, 5.41) is 5.17. The molecule has 2 aliphatic rings. The molecule has 6 nitrogen and oxygen atoms in total. The summed E-state index contributed by atoms with van der Waals surface area (Å²) in [7, 11) is 1.62. The number of hydrogen-bond donors (Lipinski definition) is 2. The number of thiophene rings is 1. The minimum Gasteiger partial charge on any atom is -0.344 e. The van der Waals surface area contributed by atoms with Gasteiger partial charge in [-0.3, -0.25) is 19.1 Å². The lowest BCUT2D eigenvalue weighted by molar-refractivity contribution is -0.118. The summed E-state index contributed by atoms with van der Waals surface area (Å²) in [4.78, 5) is 40.9. The van der Waals surface area contributed by atoms with Crippen molar-refractivity contribution in [2.24, 2.45) is 12.5 Å². The Bertz CT molecular complexity index is 1020. The maximum absolute atomic E-state index is 12.9. The van der Waals surface area contributed by atoms with E-state index >= 15 is 0 Å². The Morgan fingerprint density at radius 3 is 2.68 bits per heavy atom. The van der Waals surface area contributed by atoms with Crippen LogP contribution in [0.2, 0.25) is 0 Å². The Morgan fingerprint density at radius 1 is 1.24 bits per heavy atom. The van der Waals surface area contributed by atoms with Crippen molar-refractivity contribution in [3.63, 3.8) is 0 Å². The van der Waals surface area contributed by atoms with E-state index in [4.69, 9.17) is 0 Å². The van der Waals surface area contributed by atoms with Gasteiger partial charge < -0.3 is 5.32 Å². The molecule has 25 heavy (non-hydrogen) atoms. The number of aromatic nitrogens is 2. The van der Waals surface area contributed by atoms with Gasteiger partial charge in [-0.05, 0) is 23.3 Å². The number of hydrogen-bond acceptors (Lipinski definition) is 5. The molecule has 0 fully saturated rings. The Balaban J connectivity index is 2.04. The van der Waals surface area contributed by atoms with Gasteiger partial charge in [-0.15, -0.1) is 11.3 Å². The number of rotatable bonds is 1. The zero-order valence-electron chi connectivity index (χ0n) is 14.3. The molecule has 3 heterocycles. The van der Waals surface area contributed by atoms with Crippen molar-refractivity contribution >= 4 is 22.9 Å². The fourth-order valence-corrected chi connectivity index (χ4v) is 4.71. The quantitative estimate of drug-likeness (QED) is 0.820. The topological polar surface area (TPSA) is 84.0 Å². The number of fused-ring (bicyclic) bond motifs is 1. The first-order chi connectivity index (χ1) is 11.8. The molecule has 0 radical (unpaired) electrons. The van der Waals surface area contributed by atoms with Gasteiger partial charge >= 0.3 is 5.69 Å². The molecule has 2 aromatic rings. The summed E-state index contributed by atoms with van der Waals surface area (Å²) in [5.41, 5.74) is 0.878. The van der Waals surface area contributed by atoms with Crippen LogP contribution in [-0.4, -0.2) is 15.3 Å². The number of Topliss-reactive ketones (excluding diaryl/α,β-unsaturated/α-hetero) is 1. The van der Waals surface area contributed by atoms with E-state index in [9.17, 15) is 14.4 Å². The molecule has 7 heteroatoms. The highest BCUT2D eigenvalue weighted by Crippen LogP contribution is 2.48. The van der Waals surface area contributed by atoms with E-state index in [1.165, 1.54) is 15.9 Å². The number of aromatic amines is 1. The maximum Gasteiger partial charge on any atom is 0.329 e. The number of H-pyrrole nitrogens is 1. The molecule has 130 valence electrons. The molecule has 0 saturated heterocycles. The average Bonchev–Trinajstić information content (AvgIpc) is 3.03. The van der Waals surface area contributed by atoms with Gasteiger partial charge in [-0.25, -0.2) is 4.79 Å². The number of carbonyl (C=O) groups is 1. The Hall–Kier alpha value is -2.41. The predicted octanol–water partition coefficient (Wildman–Crippen LogP) is 2.34. The van der Waals surface area contributed by atoms with Crippen molar-refractivity contribution in [1.29, 1.82) is 0 Å². The maximum atomic E-state index is 12.9. The molecule has 1 unspecified atom stereocenters. The minimum absolute atomic E-state index is 0.0658. The van der Waals surface area contributed by atoms with Crippen LogP contribution in [-0.2, 0) is 11.8 Å². The van der Waals surface area contributed by atoms with Gasteiger partial charge in [0.05, 0.1) is 11.5 Å². The van der Waals surface area contributed by atoms with Crippen molar-refractivity contribution in [3.05, 3.63) is 60.1 Å². The molecular formula is C18H19N3O3S. The molecule has 1 atom stereocenters. The Morgan fingerprint density at radius 2 is 2.00 bits per heavy atom. The van der Waals surface area contributed by atoms with Gasteiger partial charge in [0.2, 0.25) is 0 Å². The SMILES string of the molecule is Cn1c2c(c(=O)[nH]c1=O)C(c1cccs1)C1=C(CC(C)(C)CC1=O)N2. The molecule has 0 spiro atoms. The summed E-state index contributed by atoms with van der Waals surface area (Å²) < 4.78 is 1.41. The normalized spacial score (nSPS) is 21.6. The third-order valence-electron chi connectivity index (χ3n) is 4.95. The summed E-state index contributed by atoms with van der Waals surface area (Å²) >= 11 is 1.52. The van der Waals surface area contributed by atoms with Crippen LogP contribution in [0.3, 0.4) is 0 Å². The monoisotopic (exact) mass is 357 g/mol. The summed E-state index contributed by atoms with van der Waals surface area (Å²) in [5.74, 6) is 0.123. The lowest BCUT2D eigenvalue weighted by atomic mass is 9.70. The number of allylic oxidation sites excluding steroid dienone is 2. The van der Waals surface area contributed by atoms with Crippen molar-refractivity contribution < 1.29 is 4.79 Å². The number of nitrogens with one attached hydrogen (secondary N) is 2. The standard InChI is InChI=1S/C18H19N3O3S/c1-18(2)7-9-12(10(22)8-18)13(11-5-4-6-25-11)14-15(19-9)21(3)17(24)20-16(14)23/h4-6,13,19H,7-8H2,1-3H3,(H,20,23,24). The van der Waals surface area contributed by atoms with Gasteiger partial charge in [-0.2, -0.15) is 0 Å². The summed E-state index contributed by atoms with van der Waals surface area (Å²) in [6, 6.07) is 3.85. The lowest BCUT2D eigenvalue weighted by Crippen LogP contribution is -2.41. The van der Waals surface area contributed by atoms with Crippen LogP contribution in [0, 0.1) is 5.41 Å². The van der Waals surface area contributed by atoms with E-state index in [1.807, 2.05) is 17.5 Å². The van der Waals surface area contributed by atoms with Crippen LogP contribution >= 0.6 is 11.3 Å². The molecule has 2 aromatic heterocycles. The zero-order chi connectivity index (χ0) is 17.9. The number of carbonyl (C=O) groups excluding carboxylic acids is 1. The molecule has 2 N–H and O–H groups in total. The van der Waals surface area contributed by atoms with E-state index in [2.05, 4.69) is 24.1 Å². The predicted molar refractivity (Wildman–Crippen MR) is 97.1 cm³/mol. The summed E-state index contributed by atoms with van der Waals surface area (Å²) in [6.07, 6.45) is 1.16. The van der Waals surface area contributed by atoms with E-state index < -0.39 is 17.2 Å². The lowest BCUT2D eigenvalue weighted by Gasteiger charge is -2.38. The molecule has 0 bridgehead atoms. The third kappa shape index (κ3) is 2.41. The van der Waals surface area contributed by atoms with Crippen molar-refractivity contribution in [2.75, 3.05) is 5.32 Å². The second-order valence-electron chi connectivity index (χ2n) is 7.49. The second kappa shape index (κ2) is 5.29. The largest absolute Gasteiger partial charge is 0.344 e. The Labute approximate surface area is 148 Å². The summed E-state index contributed by atoms with van der Waals surface area (Å²) in [6.45, 7) is 4.12. The van der Waals surface area contributed by atoms with Crippen LogP contribution in [0.1, 0.15) is 43.0 Å². The minimum atomic E-state index is -0.466. The molecule has 0 saturated carbocycles. The van der Waals surface area contributed by atoms with Gasteiger partial charge in [0.1, 0.15) is 5.82 Å². The van der Waals surface area contributed by atoms with Crippen molar-refractivity contribution in [1.82, 2.24) is 9.55 Å². The van der Waals surface area contributed by atoms with Crippen molar-refractivity contribution in [2.45, 2.75) is 32.6 Å². The van der Waals surface area contributed by atoms with Gasteiger partial charge in [0.25, 0.3) is 5.56 Å². The second-order valence-corrected chi connectivity index (χ2v) is 8.47. The zero-order valence-corrected chi connectivity index (χ0v) is 15.1. The number of ketones is 1. The molecule has 4 rings (SSSR count). The van der Waals surface area contributed by atoms with E-state index in [-0.39, 0.29) is 11.2 Å². The first kappa shape index (κ1) is 16.1. The number of nitrogens with zero attached hydrogens (tertiary/aromatic N) is 1. The van der Waals surface area contributed by atoms with Crippen LogP contribution in [0.15, 0.2) is 38.4 Å². The van der Waals surface area contributed by atoms with Crippen LogP contribution in [0.5, 0.6) is 0 Å². The highest BCUT2D eigenvalue weighted by Gasteiger charge is 2.42. The fourth-order valence-electron chi connectivity index (χ4n) is 3.87. The highest BCUT2D eigenvalue weighted by atomic mass is 32.1. The first-order valence-electron chi connectivity index (χ1n) is 8.18. The smallest absolute Gasteiger partial charge is 0.329 e. The van der Waals surface area contributed by atoms with Gasteiger partial charge in [-0.1, -0.05) is 19.9 Å². The molecule has 1 aliphatic carbocycles. The van der Waals surface area contributed by atoms with E-state index in [0.29, 0.717) is 29.8 Å². The molecular weight excluding hydrogens is 338 g/mol. The molecule has 1 aliphatic heterocycles. The van der Waals surface area contributed by atoms with Crippen molar-refractivity contribution in [3.8, 4) is 0 Å².